The highest BCUT2D eigenvalue weighted by atomic mass is 16.1. The molecule has 0 aromatic carbocycles. The molecular weight excluding hydrogens is 258 g/mol. The van der Waals surface area contributed by atoms with Crippen molar-refractivity contribution in [3.63, 3.8) is 0 Å². The highest BCUT2D eigenvalue weighted by Gasteiger charge is 2.54. The highest BCUT2D eigenvalue weighted by molar-refractivity contribution is 5.86. The van der Waals surface area contributed by atoms with E-state index in [4.69, 9.17) is 0 Å². The third kappa shape index (κ3) is 2.33. The van der Waals surface area contributed by atoms with E-state index in [0.717, 1.165) is 24.2 Å². The van der Waals surface area contributed by atoms with Gasteiger partial charge in [-0.1, -0.05) is 6.92 Å². The molecule has 4 bridgehead atoms. The molecule has 1 aromatic rings. The zero-order valence-electron chi connectivity index (χ0n) is 12.9. The largest absolute Gasteiger partial charge is 0.299 e. The SMILES string of the molecule is C[C@H](CC(=O)C12CC3CC(CC(C3)C1)C2)c1ccncc1. The minimum Gasteiger partial charge on any atom is -0.299 e. The van der Waals surface area contributed by atoms with Crippen LogP contribution >= 0.6 is 0 Å². The quantitative estimate of drug-likeness (QED) is 0.821. The van der Waals surface area contributed by atoms with Gasteiger partial charge in [-0.3, -0.25) is 9.78 Å². The molecule has 1 atom stereocenters. The molecular formula is C19H25NO. The molecule has 0 radical (unpaired) electrons. The van der Waals surface area contributed by atoms with Crippen molar-refractivity contribution in [1.29, 1.82) is 0 Å². The van der Waals surface area contributed by atoms with Crippen molar-refractivity contribution >= 4 is 5.78 Å². The summed E-state index contributed by atoms with van der Waals surface area (Å²) in [5.41, 5.74) is 1.32. The first kappa shape index (κ1) is 13.5. The van der Waals surface area contributed by atoms with Gasteiger partial charge in [0.15, 0.2) is 0 Å². The molecule has 0 unspecified atom stereocenters. The first-order valence-electron chi connectivity index (χ1n) is 8.58. The number of carbonyl (C=O) groups excluding carboxylic acids is 1. The third-order valence-corrected chi connectivity index (χ3v) is 6.40. The van der Waals surface area contributed by atoms with Crippen LogP contribution < -0.4 is 0 Å². The van der Waals surface area contributed by atoms with Crippen molar-refractivity contribution in [1.82, 2.24) is 4.98 Å². The molecule has 1 aromatic heterocycles. The Balaban J connectivity index is 1.50. The second kappa shape index (κ2) is 4.93. The van der Waals surface area contributed by atoms with E-state index >= 15 is 0 Å². The Kier molecular flexibility index (Phi) is 3.16. The van der Waals surface area contributed by atoms with E-state index in [-0.39, 0.29) is 5.41 Å². The molecule has 5 rings (SSSR count). The average molecular weight is 283 g/mol. The Hall–Kier alpha value is -1.18. The van der Waals surface area contributed by atoms with Crippen LogP contribution in [0.2, 0.25) is 0 Å². The second-order valence-electron chi connectivity index (χ2n) is 8.01. The van der Waals surface area contributed by atoms with Crippen molar-refractivity contribution < 1.29 is 4.79 Å². The number of nitrogens with zero attached hydrogens (tertiary/aromatic N) is 1. The standard InChI is InChI=1S/C19H25NO/c1-13(17-2-4-20-5-3-17)6-18(21)19-10-14-7-15(11-19)9-16(8-14)12-19/h2-5,13-16H,6-12H2,1H3/t13-,14?,15?,16?,19?/m1/s1. The van der Waals surface area contributed by atoms with Gasteiger partial charge in [0.2, 0.25) is 0 Å². The van der Waals surface area contributed by atoms with E-state index in [0.29, 0.717) is 11.7 Å². The maximum atomic E-state index is 13.1. The number of carbonyl (C=O) groups is 1. The number of hydrogen-bond donors (Lipinski definition) is 0. The molecule has 4 aliphatic carbocycles. The molecule has 4 fully saturated rings. The summed E-state index contributed by atoms with van der Waals surface area (Å²) in [4.78, 5) is 17.1. The highest BCUT2D eigenvalue weighted by Crippen LogP contribution is 2.60. The van der Waals surface area contributed by atoms with Crippen LogP contribution in [0.5, 0.6) is 0 Å². The van der Waals surface area contributed by atoms with Crippen LogP contribution in [0.15, 0.2) is 24.5 Å². The average Bonchev–Trinajstić information content (AvgIpc) is 2.46. The van der Waals surface area contributed by atoms with Gasteiger partial charge in [0.1, 0.15) is 5.78 Å². The van der Waals surface area contributed by atoms with E-state index in [2.05, 4.69) is 24.0 Å². The lowest BCUT2D eigenvalue weighted by Crippen LogP contribution is -2.50. The fourth-order valence-corrected chi connectivity index (χ4v) is 5.76. The van der Waals surface area contributed by atoms with E-state index in [9.17, 15) is 4.79 Å². The van der Waals surface area contributed by atoms with Crippen molar-refractivity contribution in [3.8, 4) is 0 Å². The summed E-state index contributed by atoms with van der Waals surface area (Å²) < 4.78 is 0. The summed E-state index contributed by atoms with van der Waals surface area (Å²) in [5, 5.41) is 0. The minimum absolute atomic E-state index is 0.0655. The first-order valence-corrected chi connectivity index (χ1v) is 8.58. The lowest BCUT2D eigenvalue weighted by molar-refractivity contribution is -0.144. The van der Waals surface area contributed by atoms with E-state index < -0.39 is 0 Å². The summed E-state index contributed by atoms with van der Waals surface area (Å²) in [6, 6.07) is 4.11. The van der Waals surface area contributed by atoms with Gasteiger partial charge in [0.25, 0.3) is 0 Å². The zero-order valence-corrected chi connectivity index (χ0v) is 12.9. The van der Waals surface area contributed by atoms with Crippen molar-refractivity contribution in [2.75, 3.05) is 0 Å². The van der Waals surface area contributed by atoms with Crippen LogP contribution in [-0.2, 0) is 4.79 Å². The lowest BCUT2D eigenvalue weighted by atomic mass is 9.48. The molecule has 4 aliphatic rings. The fraction of sp³-hybridized carbons (Fsp3) is 0.684. The maximum Gasteiger partial charge on any atom is 0.139 e. The van der Waals surface area contributed by atoms with Gasteiger partial charge in [-0.25, -0.2) is 0 Å². The Morgan fingerprint density at radius 2 is 1.67 bits per heavy atom. The first-order chi connectivity index (χ1) is 10.1. The van der Waals surface area contributed by atoms with Crippen LogP contribution in [0.3, 0.4) is 0 Å². The Bertz CT molecular complexity index is 500. The summed E-state index contributed by atoms with van der Waals surface area (Å²) in [5.74, 6) is 3.46. The molecule has 1 heterocycles. The molecule has 21 heavy (non-hydrogen) atoms. The van der Waals surface area contributed by atoms with Gasteiger partial charge in [-0.05, 0) is 79.9 Å². The number of pyridine rings is 1. The number of aromatic nitrogens is 1. The normalized spacial score (nSPS) is 38.4. The van der Waals surface area contributed by atoms with Crippen molar-refractivity contribution in [2.24, 2.45) is 23.2 Å². The van der Waals surface area contributed by atoms with Crippen molar-refractivity contribution in [2.45, 2.75) is 57.8 Å². The molecule has 0 aliphatic heterocycles. The summed E-state index contributed by atoms with van der Waals surface area (Å²) in [6.07, 6.45) is 12.2. The maximum absolute atomic E-state index is 13.1. The van der Waals surface area contributed by atoms with E-state index in [1.807, 2.05) is 12.4 Å². The van der Waals surface area contributed by atoms with Crippen LogP contribution in [0.25, 0.3) is 0 Å². The number of Topliss-reactive ketones (excluding diaryl/α,β-unsaturated/α-hetero) is 1. The molecule has 0 spiro atoms. The van der Waals surface area contributed by atoms with Gasteiger partial charge in [0.05, 0.1) is 0 Å². The monoisotopic (exact) mass is 283 g/mol. The molecule has 2 heteroatoms. The topological polar surface area (TPSA) is 30.0 Å². The Morgan fingerprint density at radius 1 is 1.14 bits per heavy atom. The lowest BCUT2D eigenvalue weighted by Gasteiger charge is -2.56. The molecule has 0 saturated heterocycles. The molecule has 112 valence electrons. The predicted octanol–water partition coefficient (Wildman–Crippen LogP) is 4.36. The van der Waals surface area contributed by atoms with Gasteiger partial charge in [-0.2, -0.15) is 0 Å². The number of hydrogen-bond acceptors (Lipinski definition) is 2. The predicted molar refractivity (Wildman–Crippen MR) is 82.9 cm³/mol. The second-order valence-corrected chi connectivity index (χ2v) is 8.01. The molecule has 0 amide bonds. The van der Waals surface area contributed by atoms with E-state index in [1.165, 1.54) is 44.1 Å². The fourth-order valence-electron chi connectivity index (χ4n) is 5.76. The van der Waals surface area contributed by atoms with Gasteiger partial charge in [-0.15, -0.1) is 0 Å². The summed E-state index contributed by atoms with van der Waals surface area (Å²) >= 11 is 0. The molecule has 2 nitrogen and oxygen atoms in total. The van der Waals surface area contributed by atoms with Crippen LogP contribution in [0.1, 0.15) is 63.4 Å². The molecule has 4 saturated carbocycles. The summed E-state index contributed by atoms with van der Waals surface area (Å²) in [7, 11) is 0. The Morgan fingerprint density at radius 3 is 2.19 bits per heavy atom. The van der Waals surface area contributed by atoms with Crippen molar-refractivity contribution in [3.05, 3.63) is 30.1 Å². The van der Waals surface area contributed by atoms with Crippen LogP contribution in [0.4, 0.5) is 0 Å². The number of ketones is 1. The van der Waals surface area contributed by atoms with Crippen LogP contribution in [0, 0.1) is 23.2 Å². The van der Waals surface area contributed by atoms with E-state index in [1.54, 1.807) is 0 Å². The van der Waals surface area contributed by atoms with Gasteiger partial charge < -0.3 is 0 Å². The van der Waals surface area contributed by atoms with Crippen LogP contribution in [-0.4, -0.2) is 10.8 Å². The Labute approximate surface area is 127 Å². The smallest absolute Gasteiger partial charge is 0.139 e. The third-order valence-electron chi connectivity index (χ3n) is 6.40. The zero-order chi connectivity index (χ0) is 14.4. The van der Waals surface area contributed by atoms with Gasteiger partial charge in [0, 0.05) is 24.2 Å². The molecule has 0 N–H and O–H groups in total. The van der Waals surface area contributed by atoms with Gasteiger partial charge >= 0.3 is 0 Å². The number of rotatable bonds is 4. The summed E-state index contributed by atoms with van der Waals surface area (Å²) in [6.45, 7) is 2.19. The minimum atomic E-state index is 0.0655.